The summed E-state index contributed by atoms with van der Waals surface area (Å²) in [7, 11) is 1.88. The van der Waals surface area contributed by atoms with Crippen molar-refractivity contribution < 1.29 is 9.90 Å². The van der Waals surface area contributed by atoms with E-state index in [-0.39, 0.29) is 6.54 Å². The Kier molecular flexibility index (Phi) is 3.85. The molecule has 0 amide bonds. The van der Waals surface area contributed by atoms with Gasteiger partial charge in [0, 0.05) is 30.5 Å². The maximum absolute atomic E-state index is 11.0. The second-order valence-electron chi connectivity index (χ2n) is 4.46. The van der Waals surface area contributed by atoms with Crippen molar-refractivity contribution in [2.24, 2.45) is 7.05 Å². The second-order valence-corrected chi connectivity index (χ2v) is 4.46. The number of anilines is 1. The molecule has 0 aliphatic heterocycles. The first-order chi connectivity index (χ1) is 9.08. The van der Waals surface area contributed by atoms with Crippen LogP contribution in [0.3, 0.4) is 0 Å². The van der Waals surface area contributed by atoms with E-state index < -0.39 is 5.97 Å². The van der Waals surface area contributed by atoms with E-state index in [9.17, 15) is 4.79 Å². The third kappa shape index (κ3) is 3.13. The first kappa shape index (κ1) is 13.1. The Hall–Kier alpha value is -2.30. The predicted molar refractivity (Wildman–Crippen MR) is 73.1 cm³/mol. The summed E-state index contributed by atoms with van der Waals surface area (Å²) in [5.74, 6) is -0.842. The maximum Gasteiger partial charge on any atom is 0.323 e. The van der Waals surface area contributed by atoms with Crippen molar-refractivity contribution in [1.82, 2.24) is 9.78 Å². The number of aromatic nitrogens is 2. The molecule has 0 saturated carbocycles. The van der Waals surface area contributed by atoms with Gasteiger partial charge in [-0.15, -0.1) is 0 Å². The minimum atomic E-state index is -0.842. The average Bonchev–Trinajstić information content (AvgIpc) is 2.70. The molecule has 0 aliphatic carbocycles. The monoisotopic (exact) mass is 259 g/mol. The quantitative estimate of drug-likeness (QED) is 0.889. The molecule has 0 fully saturated rings. The lowest BCUT2D eigenvalue weighted by atomic mass is 10.2. The number of carboxylic acids is 1. The van der Waals surface area contributed by atoms with Gasteiger partial charge in [0.15, 0.2) is 0 Å². The molecule has 0 radical (unpaired) electrons. The van der Waals surface area contributed by atoms with Gasteiger partial charge in [-0.05, 0) is 19.1 Å². The lowest BCUT2D eigenvalue weighted by Gasteiger charge is -2.22. The zero-order valence-corrected chi connectivity index (χ0v) is 11.1. The number of benzene rings is 1. The molecule has 1 aromatic carbocycles. The zero-order chi connectivity index (χ0) is 13.8. The van der Waals surface area contributed by atoms with Gasteiger partial charge in [-0.2, -0.15) is 5.10 Å². The fourth-order valence-electron chi connectivity index (χ4n) is 1.95. The molecule has 5 heteroatoms. The molecule has 2 aromatic rings. The summed E-state index contributed by atoms with van der Waals surface area (Å²) in [6.45, 7) is 2.49. The summed E-state index contributed by atoms with van der Waals surface area (Å²) in [4.78, 5) is 12.8. The zero-order valence-electron chi connectivity index (χ0n) is 11.1. The standard InChI is InChI=1S/C14H17N3O2/c1-11-12(8-15-16(11)2)9-17(10-14(18)19)13-6-4-3-5-7-13/h3-8H,9-10H2,1-2H3,(H,18,19). The molecule has 0 aliphatic rings. The Balaban J connectivity index is 2.24. The third-order valence-corrected chi connectivity index (χ3v) is 3.15. The van der Waals surface area contributed by atoms with Crippen LogP contribution in [-0.4, -0.2) is 27.4 Å². The van der Waals surface area contributed by atoms with Crippen molar-refractivity contribution >= 4 is 11.7 Å². The number of carboxylic acid groups (broad SMARTS) is 1. The fraction of sp³-hybridized carbons (Fsp3) is 0.286. The van der Waals surface area contributed by atoms with Crippen molar-refractivity contribution in [2.45, 2.75) is 13.5 Å². The molecule has 1 aromatic heterocycles. The number of nitrogens with zero attached hydrogens (tertiary/aromatic N) is 3. The van der Waals surface area contributed by atoms with E-state index in [4.69, 9.17) is 5.11 Å². The van der Waals surface area contributed by atoms with Gasteiger partial charge in [-0.25, -0.2) is 0 Å². The van der Waals surface area contributed by atoms with Crippen LogP contribution in [0.15, 0.2) is 36.5 Å². The van der Waals surface area contributed by atoms with Crippen LogP contribution in [0.25, 0.3) is 0 Å². The Morgan fingerprint density at radius 1 is 1.37 bits per heavy atom. The van der Waals surface area contributed by atoms with Crippen LogP contribution in [0.4, 0.5) is 5.69 Å². The van der Waals surface area contributed by atoms with Gasteiger partial charge in [0.05, 0.1) is 6.20 Å². The van der Waals surface area contributed by atoms with Crippen LogP contribution in [0.1, 0.15) is 11.3 Å². The van der Waals surface area contributed by atoms with Gasteiger partial charge < -0.3 is 10.0 Å². The van der Waals surface area contributed by atoms with E-state index in [0.29, 0.717) is 6.54 Å². The van der Waals surface area contributed by atoms with Gasteiger partial charge in [0.2, 0.25) is 0 Å². The first-order valence-corrected chi connectivity index (χ1v) is 6.07. The fourth-order valence-corrected chi connectivity index (χ4v) is 1.95. The van der Waals surface area contributed by atoms with E-state index in [2.05, 4.69) is 5.10 Å². The van der Waals surface area contributed by atoms with E-state index >= 15 is 0 Å². The number of hydrogen-bond donors (Lipinski definition) is 1. The summed E-state index contributed by atoms with van der Waals surface area (Å²) in [5.41, 5.74) is 2.98. The van der Waals surface area contributed by atoms with Crippen LogP contribution in [0, 0.1) is 6.92 Å². The normalized spacial score (nSPS) is 10.4. The van der Waals surface area contributed by atoms with Crippen LogP contribution >= 0.6 is 0 Å². The Morgan fingerprint density at radius 3 is 2.58 bits per heavy atom. The lowest BCUT2D eigenvalue weighted by molar-refractivity contribution is -0.135. The number of para-hydroxylation sites is 1. The molecular formula is C14H17N3O2. The minimum Gasteiger partial charge on any atom is -0.480 e. The van der Waals surface area contributed by atoms with Crippen LogP contribution in [0.5, 0.6) is 0 Å². The highest BCUT2D eigenvalue weighted by Crippen LogP contribution is 2.17. The summed E-state index contributed by atoms with van der Waals surface area (Å²) in [6.07, 6.45) is 1.78. The maximum atomic E-state index is 11.0. The SMILES string of the molecule is Cc1c(CN(CC(=O)O)c2ccccc2)cnn1C. The molecule has 0 unspecified atom stereocenters. The summed E-state index contributed by atoms with van der Waals surface area (Å²) < 4.78 is 1.79. The highest BCUT2D eigenvalue weighted by Gasteiger charge is 2.13. The van der Waals surface area contributed by atoms with Crippen LogP contribution in [0.2, 0.25) is 0 Å². The molecule has 5 nitrogen and oxygen atoms in total. The highest BCUT2D eigenvalue weighted by atomic mass is 16.4. The molecule has 2 rings (SSSR count). The summed E-state index contributed by atoms with van der Waals surface area (Å²) in [5, 5.41) is 13.2. The largest absolute Gasteiger partial charge is 0.480 e. The van der Waals surface area contributed by atoms with Crippen molar-refractivity contribution in [1.29, 1.82) is 0 Å². The lowest BCUT2D eigenvalue weighted by Crippen LogP contribution is -2.29. The Labute approximate surface area is 112 Å². The summed E-state index contributed by atoms with van der Waals surface area (Å²) >= 11 is 0. The molecule has 0 saturated heterocycles. The van der Waals surface area contributed by atoms with E-state index in [1.165, 1.54) is 0 Å². The number of aliphatic carboxylic acids is 1. The molecule has 0 atom stereocenters. The molecule has 100 valence electrons. The van der Waals surface area contributed by atoms with Crippen molar-refractivity contribution in [3.8, 4) is 0 Å². The van der Waals surface area contributed by atoms with Gasteiger partial charge in [0.25, 0.3) is 0 Å². The molecule has 0 bridgehead atoms. The number of carbonyl (C=O) groups is 1. The van der Waals surface area contributed by atoms with E-state index in [1.807, 2.05) is 49.2 Å². The number of rotatable bonds is 5. The molecular weight excluding hydrogens is 242 g/mol. The average molecular weight is 259 g/mol. The van der Waals surface area contributed by atoms with Crippen molar-refractivity contribution in [3.63, 3.8) is 0 Å². The van der Waals surface area contributed by atoms with Gasteiger partial charge in [-0.3, -0.25) is 9.48 Å². The second kappa shape index (κ2) is 5.56. The smallest absolute Gasteiger partial charge is 0.323 e. The van der Waals surface area contributed by atoms with Gasteiger partial charge in [-0.1, -0.05) is 18.2 Å². The van der Waals surface area contributed by atoms with Crippen molar-refractivity contribution in [2.75, 3.05) is 11.4 Å². The predicted octanol–water partition coefficient (Wildman–Crippen LogP) is 1.82. The molecule has 1 N–H and O–H groups in total. The summed E-state index contributed by atoms with van der Waals surface area (Å²) in [6, 6.07) is 9.54. The van der Waals surface area contributed by atoms with Gasteiger partial charge in [0.1, 0.15) is 6.54 Å². The highest BCUT2D eigenvalue weighted by molar-refractivity contribution is 5.73. The number of hydrogen-bond acceptors (Lipinski definition) is 3. The molecule has 1 heterocycles. The van der Waals surface area contributed by atoms with E-state index in [0.717, 1.165) is 16.9 Å². The Bertz CT molecular complexity index is 563. The molecule has 19 heavy (non-hydrogen) atoms. The Morgan fingerprint density at radius 2 is 2.05 bits per heavy atom. The molecule has 0 spiro atoms. The van der Waals surface area contributed by atoms with E-state index in [1.54, 1.807) is 10.9 Å². The van der Waals surface area contributed by atoms with Gasteiger partial charge >= 0.3 is 5.97 Å². The first-order valence-electron chi connectivity index (χ1n) is 6.07. The van der Waals surface area contributed by atoms with Crippen LogP contribution in [-0.2, 0) is 18.4 Å². The minimum absolute atomic E-state index is 0.0294. The van der Waals surface area contributed by atoms with Crippen LogP contribution < -0.4 is 4.90 Å². The number of aryl methyl sites for hydroxylation is 1. The topological polar surface area (TPSA) is 58.4 Å². The van der Waals surface area contributed by atoms with Crippen molar-refractivity contribution in [3.05, 3.63) is 47.8 Å². The third-order valence-electron chi connectivity index (χ3n) is 3.15.